The normalized spacial score (nSPS) is 16.5. The van der Waals surface area contributed by atoms with Crippen LogP contribution in [0.3, 0.4) is 0 Å². The van der Waals surface area contributed by atoms with Gasteiger partial charge in [0.15, 0.2) is 5.82 Å². The van der Waals surface area contributed by atoms with Gasteiger partial charge in [0.1, 0.15) is 6.33 Å². The lowest BCUT2D eigenvalue weighted by Gasteiger charge is -2.31. The van der Waals surface area contributed by atoms with Crippen LogP contribution < -0.4 is 4.74 Å². The van der Waals surface area contributed by atoms with Gasteiger partial charge in [-0.2, -0.15) is 4.98 Å². The summed E-state index contributed by atoms with van der Waals surface area (Å²) in [6, 6.07) is 0.0639. The zero-order chi connectivity index (χ0) is 14.8. The average Bonchev–Trinajstić information content (AvgIpc) is 2.93. The summed E-state index contributed by atoms with van der Waals surface area (Å²) in [6.07, 6.45) is 2.44. The molecule has 21 heavy (non-hydrogen) atoms. The zero-order valence-electron chi connectivity index (χ0n) is 12.5. The van der Waals surface area contributed by atoms with E-state index in [1.165, 1.54) is 0 Å². The summed E-state index contributed by atoms with van der Waals surface area (Å²) < 4.78 is 10.9. The minimum absolute atomic E-state index is 0.0639. The molecule has 0 radical (unpaired) electrons. The van der Waals surface area contributed by atoms with Crippen molar-refractivity contribution in [2.75, 3.05) is 13.2 Å². The van der Waals surface area contributed by atoms with Gasteiger partial charge in [-0.3, -0.25) is 4.90 Å². The van der Waals surface area contributed by atoms with E-state index in [0.29, 0.717) is 24.2 Å². The maximum Gasteiger partial charge on any atom is 0.243 e. The first-order valence-corrected chi connectivity index (χ1v) is 7.18. The average molecular weight is 289 g/mol. The topological polar surface area (TPSA) is 77.2 Å². The van der Waals surface area contributed by atoms with E-state index in [2.05, 4.69) is 31.9 Å². The Morgan fingerprint density at radius 1 is 1.43 bits per heavy atom. The summed E-state index contributed by atoms with van der Waals surface area (Å²) >= 11 is 0. The van der Waals surface area contributed by atoms with Crippen molar-refractivity contribution in [2.45, 2.75) is 39.8 Å². The molecule has 0 aliphatic carbocycles. The SMILES string of the molecule is CCOc1ncnc2c1CN([C@@H](C)c1nc(C)no1)CC2. The number of aryl methyl sites for hydroxylation is 1. The van der Waals surface area contributed by atoms with Gasteiger partial charge in [0, 0.05) is 25.1 Å². The van der Waals surface area contributed by atoms with Gasteiger partial charge in [-0.1, -0.05) is 5.16 Å². The summed E-state index contributed by atoms with van der Waals surface area (Å²) in [4.78, 5) is 15.2. The second kappa shape index (κ2) is 5.77. The first kappa shape index (κ1) is 13.9. The van der Waals surface area contributed by atoms with E-state index in [0.717, 1.165) is 30.8 Å². The molecule has 1 aliphatic rings. The molecule has 0 saturated carbocycles. The van der Waals surface area contributed by atoms with Crippen molar-refractivity contribution < 1.29 is 9.26 Å². The molecule has 0 unspecified atom stereocenters. The summed E-state index contributed by atoms with van der Waals surface area (Å²) in [5.41, 5.74) is 2.13. The standard InChI is InChI=1S/C14H19N5O2/c1-4-20-14-11-7-19(6-5-12(11)15-8-16-14)9(2)13-17-10(3)18-21-13/h8-9H,4-7H2,1-3H3/t9-/m0/s1. The van der Waals surface area contributed by atoms with E-state index in [1.54, 1.807) is 6.33 Å². The van der Waals surface area contributed by atoms with E-state index in [1.807, 2.05) is 13.8 Å². The Balaban J connectivity index is 1.83. The third-order valence-corrected chi connectivity index (χ3v) is 3.72. The lowest BCUT2D eigenvalue weighted by Crippen LogP contribution is -2.34. The van der Waals surface area contributed by atoms with Crippen molar-refractivity contribution in [1.29, 1.82) is 0 Å². The van der Waals surface area contributed by atoms with Crippen molar-refractivity contribution in [2.24, 2.45) is 0 Å². The second-order valence-corrected chi connectivity index (χ2v) is 5.11. The molecule has 2 aromatic heterocycles. The highest BCUT2D eigenvalue weighted by atomic mass is 16.5. The van der Waals surface area contributed by atoms with E-state index in [-0.39, 0.29) is 6.04 Å². The highest BCUT2D eigenvalue weighted by Crippen LogP contribution is 2.29. The van der Waals surface area contributed by atoms with Crippen LogP contribution in [0.2, 0.25) is 0 Å². The van der Waals surface area contributed by atoms with Crippen LogP contribution in [-0.2, 0) is 13.0 Å². The van der Waals surface area contributed by atoms with Gasteiger partial charge in [-0.05, 0) is 20.8 Å². The first-order chi connectivity index (χ1) is 10.2. The maximum absolute atomic E-state index is 5.61. The fraction of sp³-hybridized carbons (Fsp3) is 0.571. The van der Waals surface area contributed by atoms with E-state index in [4.69, 9.17) is 9.26 Å². The monoisotopic (exact) mass is 289 g/mol. The summed E-state index contributed by atoms with van der Waals surface area (Å²) in [6.45, 7) is 8.08. The molecule has 2 aromatic rings. The predicted octanol–water partition coefficient (Wildman–Crippen LogP) is 1.69. The lowest BCUT2D eigenvalue weighted by atomic mass is 10.0. The van der Waals surface area contributed by atoms with Gasteiger partial charge in [-0.15, -0.1) is 0 Å². The van der Waals surface area contributed by atoms with Crippen molar-refractivity contribution in [3.63, 3.8) is 0 Å². The molecular weight excluding hydrogens is 270 g/mol. The fourth-order valence-corrected chi connectivity index (χ4v) is 2.57. The van der Waals surface area contributed by atoms with Crippen molar-refractivity contribution >= 4 is 0 Å². The molecule has 0 amide bonds. The molecule has 7 heteroatoms. The summed E-state index contributed by atoms with van der Waals surface area (Å²) in [5, 5.41) is 3.86. The number of hydrogen-bond donors (Lipinski definition) is 0. The lowest BCUT2D eigenvalue weighted by molar-refractivity contribution is 0.153. The van der Waals surface area contributed by atoms with Crippen LogP contribution >= 0.6 is 0 Å². The highest BCUT2D eigenvalue weighted by Gasteiger charge is 2.28. The Labute approximate surface area is 123 Å². The van der Waals surface area contributed by atoms with Gasteiger partial charge in [-0.25, -0.2) is 9.97 Å². The number of rotatable bonds is 4. The van der Waals surface area contributed by atoms with E-state index in [9.17, 15) is 0 Å². The third kappa shape index (κ3) is 2.73. The van der Waals surface area contributed by atoms with Gasteiger partial charge in [0.2, 0.25) is 11.8 Å². The Morgan fingerprint density at radius 3 is 3.00 bits per heavy atom. The highest BCUT2D eigenvalue weighted by molar-refractivity contribution is 5.31. The molecule has 0 aromatic carbocycles. The molecule has 1 aliphatic heterocycles. The van der Waals surface area contributed by atoms with E-state index >= 15 is 0 Å². The molecule has 112 valence electrons. The van der Waals surface area contributed by atoms with Crippen LogP contribution in [0.15, 0.2) is 10.9 Å². The molecule has 0 saturated heterocycles. The minimum atomic E-state index is 0.0639. The van der Waals surface area contributed by atoms with Gasteiger partial charge in [0.25, 0.3) is 0 Å². The van der Waals surface area contributed by atoms with Crippen LogP contribution in [0, 0.1) is 6.92 Å². The van der Waals surface area contributed by atoms with Crippen LogP contribution in [-0.4, -0.2) is 38.2 Å². The number of nitrogens with zero attached hydrogens (tertiary/aromatic N) is 5. The van der Waals surface area contributed by atoms with Crippen LogP contribution in [0.5, 0.6) is 5.88 Å². The Morgan fingerprint density at radius 2 is 2.29 bits per heavy atom. The van der Waals surface area contributed by atoms with Crippen LogP contribution in [0.25, 0.3) is 0 Å². The smallest absolute Gasteiger partial charge is 0.243 e. The van der Waals surface area contributed by atoms with Crippen LogP contribution in [0.4, 0.5) is 0 Å². The number of aromatic nitrogens is 4. The van der Waals surface area contributed by atoms with Gasteiger partial charge < -0.3 is 9.26 Å². The molecule has 3 rings (SSSR count). The number of fused-ring (bicyclic) bond motifs is 1. The molecule has 1 atom stereocenters. The third-order valence-electron chi connectivity index (χ3n) is 3.72. The van der Waals surface area contributed by atoms with Crippen molar-refractivity contribution in [3.05, 3.63) is 29.3 Å². The van der Waals surface area contributed by atoms with Gasteiger partial charge in [0.05, 0.1) is 18.3 Å². The summed E-state index contributed by atoms with van der Waals surface area (Å²) in [7, 11) is 0. The second-order valence-electron chi connectivity index (χ2n) is 5.11. The molecule has 0 N–H and O–H groups in total. The molecule has 7 nitrogen and oxygen atoms in total. The zero-order valence-corrected chi connectivity index (χ0v) is 12.5. The maximum atomic E-state index is 5.61. The molecule has 3 heterocycles. The van der Waals surface area contributed by atoms with Gasteiger partial charge >= 0.3 is 0 Å². The van der Waals surface area contributed by atoms with Crippen molar-refractivity contribution in [1.82, 2.24) is 25.0 Å². The predicted molar refractivity (Wildman–Crippen MR) is 74.8 cm³/mol. The summed E-state index contributed by atoms with van der Waals surface area (Å²) in [5.74, 6) is 1.99. The number of hydrogen-bond acceptors (Lipinski definition) is 7. The quantitative estimate of drug-likeness (QED) is 0.847. The van der Waals surface area contributed by atoms with Crippen molar-refractivity contribution in [3.8, 4) is 5.88 Å². The Hall–Kier alpha value is -2.02. The molecule has 0 spiro atoms. The fourth-order valence-electron chi connectivity index (χ4n) is 2.57. The molecular formula is C14H19N5O2. The Kier molecular flexibility index (Phi) is 3.83. The molecule has 0 fully saturated rings. The van der Waals surface area contributed by atoms with Crippen LogP contribution in [0.1, 0.15) is 42.9 Å². The largest absolute Gasteiger partial charge is 0.478 e. The number of ether oxygens (including phenoxy) is 1. The minimum Gasteiger partial charge on any atom is -0.478 e. The first-order valence-electron chi connectivity index (χ1n) is 7.18. The molecule has 0 bridgehead atoms. The van der Waals surface area contributed by atoms with E-state index < -0.39 is 0 Å². The Bertz CT molecular complexity index is 628.